The highest BCUT2D eigenvalue weighted by Crippen LogP contribution is 2.33. The molecule has 104 valence electrons. The fraction of sp³-hybridized carbons (Fsp3) is 0. The molecule has 0 atom stereocenters. The van der Waals surface area contributed by atoms with Crippen molar-refractivity contribution in [3.63, 3.8) is 0 Å². The molecule has 0 aliphatic rings. The number of rotatable bonds is 3. The highest BCUT2D eigenvalue weighted by molar-refractivity contribution is 7.19. The number of amides is 1. The number of nitrogens with two attached hydrogens (primary N) is 1. The molecule has 3 rings (SSSR count). The number of nitrogen functional groups attached to an aromatic ring is 1. The van der Waals surface area contributed by atoms with E-state index in [1.165, 1.54) is 11.3 Å². The molecule has 1 aromatic heterocycles. The maximum atomic E-state index is 12.3. The lowest BCUT2D eigenvalue weighted by atomic mass is 10.1. The average molecular weight is 294 g/mol. The van der Waals surface area contributed by atoms with E-state index in [1.54, 1.807) is 0 Å². The van der Waals surface area contributed by atoms with E-state index in [4.69, 9.17) is 5.73 Å². The van der Waals surface area contributed by atoms with Gasteiger partial charge < -0.3 is 11.1 Å². The predicted molar refractivity (Wildman–Crippen MR) is 88.6 cm³/mol. The molecule has 4 heteroatoms. The first kappa shape index (κ1) is 13.4. The summed E-state index contributed by atoms with van der Waals surface area (Å²) in [6.07, 6.45) is 0. The molecule has 2 aromatic carbocycles. The molecule has 0 fully saturated rings. The lowest BCUT2D eigenvalue weighted by Gasteiger charge is -2.03. The number of hydrogen-bond acceptors (Lipinski definition) is 3. The van der Waals surface area contributed by atoms with E-state index < -0.39 is 0 Å². The number of hydrogen-bond donors (Lipinski definition) is 2. The minimum Gasteiger partial charge on any atom is -0.390 e. The third-order valence-corrected chi connectivity index (χ3v) is 4.11. The molecule has 0 spiro atoms. The number of carbonyl (C=O) groups is 1. The first-order chi connectivity index (χ1) is 10.2. The van der Waals surface area contributed by atoms with Gasteiger partial charge in [0.15, 0.2) is 0 Å². The number of nitrogens with one attached hydrogen (secondary N) is 1. The summed E-state index contributed by atoms with van der Waals surface area (Å²) in [6, 6.07) is 21.1. The summed E-state index contributed by atoms with van der Waals surface area (Å²) >= 11 is 1.42. The van der Waals surface area contributed by atoms with Gasteiger partial charge in [0.2, 0.25) is 0 Å². The van der Waals surface area contributed by atoms with E-state index in [0.717, 1.165) is 16.1 Å². The van der Waals surface area contributed by atoms with Crippen LogP contribution in [0.25, 0.3) is 10.4 Å². The normalized spacial score (nSPS) is 10.3. The Kier molecular flexibility index (Phi) is 3.71. The van der Waals surface area contributed by atoms with Crippen molar-refractivity contribution in [2.75, 3.05) is 11.1 Å². The summed E-state index contributed by atoms with van der Waals surface area (Å²) in [5.41, 5.74) is 8.33. The number of benzene rings is 2. The second-order valence-corrected chi connectivity index (χ2v) is 5.66. The molecule has 0 aliphatic heterocycles. The Hall–Kier alpha value is -2.59. The van der Waals surface area contributed by atoms with Crippen molar-refractivity contribution in [3.05, 3.63) is 72.3 Å². The maximum absolute atomic E-state index is 12.3. The second kappa shape index (κ2) is 5.81. The summed E-state index contributed by atoms with van der Waals surface area (Å²) in [4.78, 5) is 13.3. The van der Waals surface area contributed by atoms with Gasteiger partial charge in [-0.05, 0) is 23.8 Å². The minimum absolute atomic E-state index is 0.183. The van der Waals surface area contributed by atoms with Gasteiger partial charge in [0, 0.05) is 10.6 Å². The Labute approximate surface area is 127 Å². The molecule has 0 aliphatic carbocycles. The molecular weight excluding hydrogens is 280 g/mol. The summed E-state index contributed by atoms with van der Waals surface area (Å²) in [7, 11) is 0. The Morgan fingerprint density at radius 3 is 2.24 bits per heavy atom. The van der Waals surface area contributed by atoms with Crippen LogP contribution in [0.1, 0.15) is 10.4 Å². The molecule has 3 aromatic rings. The number of carbonyl (C=O) groups excluding carboxylic acids is 1. The molecule has 0 radical (unpaired) electrons. The van der Waals surface area contributed by atoms with Crippen LogP contribution in [0.2, 0.25) is 0 Å². The SMILES string of the molecule is Nc1sc(-c2ccccc2)cc1C(=O)Nc1ccccc1. The van der Waals surface area contributed by atoms with Gasteiger partial charge in [0.25, 0.3) is 5.91 Å². The summed E-state index contributed by atoms with van der Waals surface area (Å²) < 4.78 is 0. The van der Waals surface area contributed by atoms with E-state index >= 15 is 0 Å². The van der Waals surface area contributed by atoms with E-state index in [9.17, 15) is 4.79 Å². The van der Waals surface area contributed by atoms with E-state index in [0.29, 0.717) is 10.6 Å². The van der Waals surface area contributed by atoms with Crippen LogP contribution in [0.4, 0.5) is 10.7 Å². The summed E-state index contributed by atoms with van der Waals surface area (Å²) in [5, 5.41) is 3.38. The van der Waals surface area contributed by atoms with Gasteiger partial charge in [-0.1, -0.05) is 48.5 Å². The molecule has 0 unspecified atom stereocenters. The third kappa shape index (κ3) is 2.95. The Bertz CT molecular complexity index is 751. The van der Waals surface area contributed by atoms with E-state index in [2.05, 4.69) is 5.32 Å². The first-order valence-electron chi connectivity index (χ1n) is 6.55. The fourth-order valence-electron chi connectivity index (χ4n) is 2.05. The van der Waals surface area contributed by atoms with Gasteiger partial charge in [-0.3, -0.25) is 4.79 Å². The van der Waals surface area contributed by atoms with Gasteiger partial charge in [0.1, 0.15) is 0 Å². The lowest BCUT2D eigenvalue weighted by Crippen LogP contribution is -2.12. The van der Waals surface area contributed by atoms with E-state index in [1.807, 2.05) is 66.7 Å². The van der Waals surface area contributed by atoms with Crippen LogP contribution >= 0.6 is 11.3 Å². The van der Waals surface area contributed by atoms with Crippen molar-refractivity contribution in [3.8, 4) is 10.4 Å². The zero-order valence-corrected chi connectivity index (χ0v) is 12.1. The Balaban J connectivity index is 1.86. The predicted octanol–water partition coefficient (Wildman–Crippen LogP) is 4.25. The molecule has 3 N–H and O–H groups in total. The van der Waals surface area contributed by atoms with Crippen molar-refractivity contribution in [1.29, 1.82) is 0 Å². The van der Waals surface area contributed by atoms with Crippen LogP contribution in [0.5, 0.6) is 0 Å². The average Bonchev–Trinajstić information content (AvgIpc) is 2.91. The molecule has 0 saturated heterocycles. The smallest absolute Gasteiger partial charge is 0.258 e. The van der Waals surface area contributed by atoms with Crippen molar-refractivity contribution in [1.82, 2.24) is 0 Å². The van der Waals surface area contributed by atoms with Gasteiger partial charge >= 0.3 is 0 Å². The van der Waals surface area contributed by atoms with Gasteiger partial charge in [-0.15, -0.1) is 11.3 Å². The molecule has 1 heterocycles. The summed E-state index contributed by atoms with van der Waals surface area (Å²) in [6.45, 7) is 0. The third-order valence-electron chi connectivity index (χ3n) is 3.10. The lowest BCUT2D eigenvalue weighted by molar-refractivity contribution is 0.102. The Morgan fingerprint density at radius 2 is 1.57 bits per heavy atom. The maximum Gasteiger partial charge on any atom is 0.258 e. The molecule has 0 saturated carbocycles. The second-order valence-electron chi connectivity index (χ2n) is 4.57. The number of para-hydroxylation sites is 1. The number of anilines is 2. The largest absolute Gasteiger partial charge is 0.390 e. The summed E-state index contributed by atoms with van der Waals surface area (Å²) in [5.74, 6) is -0.183. The first-order valence-corrected chi connectivity index (χ1v) is 7.37. The van der Waals surface area contributed by atoms with Crippen molar-refractivity contribution >= 4 is 27.9 Å². The highest BCUT2D eigenvalue weighted by Gasteiger charge is 2.15. The number of thiophene rings is 1. The van der Waals surface area contributed by atoms with Crippen LogP contribution in [0.15, 0.2) is 66.7 Å². The molecule has 0 bridgehead atoms. The van der Waals surface area contributed by atoms with Crippen LogP contribution in [0, 0.1) is 0 Å². The van der Waals surface area contributed by atoms with Gasteiger partial charge in [-0.25, -0.2) is 0 Å². The quantitative estimate of drug-likeness (QED) is 0.758. The van der Waals surface area contributed by atoms with Crippen LogP contribution < -0.4 is 11.1 Å². The van der Waals surface area contributed by atoms with Gasteiger partial charge in [0.05, 0.1) is 10.6 Å². The minimum atomic E-state index is -0.183. The zero-order chi connectivity index (χ0) is 14.7. The highest BCUT2D eigenvalue weighted by atomic mass is 32.1. The van der Waals surface area contributed by atoms with Crippen LogP contribution in [0.3, 0.4) is 0 Å². The topological polar surface area (TPSA) is 55.1 Å². The van der Waals surface area contributed by atoms with Crippen molar-refractivity contribution in [2.45, 2.75) is 0 Å². The zero-order valence-electron chi connectivity index (χ0n) is 11.2. The van der Waals surface area contributed by atoms with Gasteiger partial charge in [-0.2, -0.15) is 0 Å². The molecule has 21 heavy (non-hydrogen) atoms. The fourth-order valence-corrected chi connectivity index (χ4v) is 2.98. The molecular formula is C17H14N2OS. The Morgan fingerprint density at radius 1 is 0.952 bits per heavy atom. The van der Waals surface area contributed by atoms with Crippen molar-refractivity contribution in [2.24, 2.45) is 0 Å². The standard InChI is InChI=1S/C17H14N2OS/c18-16-14(17(20)19-13-9-5-2-6-10-13)11-15(21-16)12-7-3-1-4-8-12/h1-11H,18H2,(H,19,20). The molecule has 3 nitrogen and oxygen atoms in total. The molecule has 1 amide bonds. The van der Waals surface area contributed by atoms with Crippen molar-refractivity contribution < 1.29 is 4.79 Å². The van der Waals surface area contributed by atoms with E-state index in [-0.39, 0.29) is 5.91 Å². The van der Waals surface area contributed by atoms with Crippen LogP contribution in [-0.4, -0.2) is 5.91 Å². The monoisotopic (exact) mass is 294 g/mol. The van der Waals surface area contributed by atoms with Crippen LogP contribution in [-0.2, 0) is 0 Å².